The van der Waals surface area contributed by atoms with Crippen molar-refractivity contribution in [2.75, 3.05) is 6.54 Å². The summed E-state index contributed by atoms with van der Waals surface area (Å²) in [5, 5.41) is 9.38. The van der Waals surface area contributed by atoms with Crippen LogP contribution >= 0.6 is 0 Å². The fraction of sp³-hybridized carbons (Fsp3) is 0.517. The average Bonchev–Trinajstić information content (AvgIpc) is 3.50. The van der Waals surface area contributed by atoms with E-state index in [1.165, 1.54) is 24.3 Å². The molecule has 0 aromatic heterocycles. The third-order valence-corrected chi connectivity index (χ3v) is 9.06. The quantitative estimate of drug-likeness (QED) is 0.471. The minimum absolute atomic E-state index is 0.0757. The molecule has 0 bridgehead atoms. The van der Waals surface area contributed by atoms with Crippen LogP contribution in [0.25, 0.3) is 0 Å². The van der Waals surface area contributed by atoms with Gasteiger partial charge < -0.3 is 10.0 Å². The summed E-state index contributed by atoms with van der Waals surface area (Å²) in [5.74, 6) is -2.27. The molecule has 1 aliphatic heterocycles. The molecule has 0 radical (unpaired) electrons. The van der Waals surface area contributed by atoms with Crippen molar-refractivity contribution in [1.82, 2.24) is 4.90 Å². The van der Waals surface area contributed by atoms with Gasteiger partial charge in [-0.05, 0) is 86.3 Å². The smallest absolute Gasteiger partial charge is 0.426 e. The van der Waals surface area contributed by atoms with Crippen LogP contribution in [0.15, 0.2) is 42.5 Å². The monoisotopic (exact) mass is 535 g/mol. The molecule has 1 saturated carbocycles. The molecule has 0 spiro atoms. The second-order valence-corrected chi connectivity index (χ2v) is 11.2. The molecular weight excluding hydrogens is 505 g/mol. The van der Waals surface area contributed by atoms with E-state index < -0.39 is 34.7 Å². The number of carboxylic acids is 1. The van der Waals surface area contributed by atoms with Crippen molar-refractivity contribution in [3.8, 4) is 0 Å². The normalized spacial score (nSPS) is 28.5. The van der Waals surface area contributed by atoms with Gasteiger partial charge in [0.25, 0.3) is 0 Å². The minimum atomic E-state index is -5.06. The van der Waals surface area contributed by atoms with Gasteiger partial charge in [-0.15, -0.1) is 0 Å². The number of fused-ring (bicyclic) bond motifs is 3. The lowest BCUT2D eigenvalue weighted by Crippen LogP contribution is -2.50. The first-order valence-electron chi connectivity index (χ1n) is 13.0. The number of halogens is 5. The Bertz CT molecular complexity index is 1240. The van der Waals surface area contributed by atoms with Gasteiger partial charge >= 0.3 is 12.1 Å². The van der Waals surface area contributed by atoms with Crippen LogP contribution in [0.2, 0.25) is 0 Å². The summed E-state index contributed by atoms with van der Waals surface area (Å²) in [6, 6.07) is 9.89. The van der Waals surface area contributed by atoms with Gasteiger partial charge in [0, 0.05) is 23.9 Å². The zero-order valence-electron chi connectivity index (χ0n) is 21.0. The number of carbonyl (C=O) groups excluding carboxylic acids is 1. The number of aliphatic carboxylic acids is 1. The van der Waals surface area contributed by atoms with Crippen molar-refractivity contribution in [2.24, 2.45) is 11.8 Å². The standard InChI is InChI=1S/C29H30F5NO3/c1-27(31,29(32,33)34)21-7-10-23-18(15-21)6-11-24-28(23,16-17-2-8-22(30)9-3-17)12-13-35(24)25(36)19-4-5-20(14-19)26(37)38/h2-3,7-10,15,19-20,24H,4-6,11-14,16H2,1H3,(H,37,38)/t19?,20?,24-,27?,28-/m1/s1. The Kier molecular flexibility index (Phi) is 6.55. The highest BCUT2D eigenvalue weighted by atomic mass is 19.4. The van der Waals surface area contributed by atoms with Crippen molar-refractivity contribution < 1.29 is 36.6 Å². The number of hydrogen-bond acceptors (Lipinski definition) is 2. The van der Waals surface area contributed by atoms with Gasteiger partial charge in [0.15, 0.2) is 0 Å². The van der Waals surface area contributed by atoms with Gasteiger partial charge in [0.05, 0.1) is 5.92 Å². The Morgan fingerprint density at radius 2 is 1.71 bits per heavy atom. The molecule has 204 valence electrons. The third-order valence-electron chi connectivity index (χ3n) is 9.06. The van der Waals surface area contributed by atoms with Crippen LogP contribution in [0, 0.1) is 17.7 Å². The molecule has 2 aromatic carbocycles. The Balaban J connectivity index is 1.52. The van der Waals surface area contributed by atoms with Gasteiger partial charge in [-0.1, -0.05) is 30.3 Å². The SMILES string of the molecule is CC(F)(c1ccc2c(c1)CC[C@H]1N(C(=O)C3CCC(C(=O)O)C3)CC[C@@]21Cc1ccc(F)cc1)C(F)(F)F. The lowest BCUT2D eigenvalue weighted by Gasteiger charge is -2.44. The summed E-state index contributed by atoms with van der Waals surface area (Å²) >= 11 is 0. The lowest BCUT2D eigenvalue weighted by atomic mass is 9.63. The van der Waals surface area contributed by atoms with E-state index in [-0.39, 0.29) is 23.7 Å². The average molecular weight is 536 g/mol. The fourth-order valence-electron chi connectivity index (χ4n) is 6.92. The van der Waals surface area contributed by atoms with Crippen LogP contribution in [0.4, 0.5) is 22.0 Å². The summed E-state index contributed by atoms with van der Waals surface area (Å²) in [4.78, 5) is 26.9. The first kappa shape index (κ1) is 26.6. The van der Waals surface area contributed by atoms with Crippen molar-refractivity contribution in [2.45, 2.75) is 75.2 Å². The van der Waals surface area contributed by atoms with E-state index in [1.54, 1.807) is 18.2 Å². The predicted octanol–water partition coefficient (Wildman–Crippen LogP) is 6.10. The molecule has 1 saturated heterocycles. The molecule has 3 aliphatic rings. The molecule has 1 amide bonds. The topological polar surface area (TPSA) is 57.6 Å². The van der Waals surface area contributed by atoms with Crippen molar-refractivity contribution in [1.29, 1.82) is 0 Å². The first-order valence-corrected chi connectivity index (χ1v) is 13.0. The first-order chi connectivity index (χ1) is 17.8. The highest BCUT2D eigenvalue weighted by molar-refractivity contribution is 5.82. The number of benzene rings is 2. The number of alkyl halides is 4. The van der Waals surface area contributed by atoms with Crippen molar-refractivity contribution in [3.05, 3.63) is 70.5 Å². The van der Waals surface area contributed by atoms with E-state index in [0.29, 0.717) is 64.0 Å². The Labute approximate surface area is 217 Å². The van der Waals surface area contributed by atoms with Crippen molar-refractivity contribution >= 4 is 11.9 Å². The number of nitrogens with zero attached hydrogens (tertiary/aromatic N) is 1. The Morgan fingerprint density at radius 1 is 1.03 bits per heavy atom. The molecule has 3 unspecified atom stereocenters. The molecule has 2 aliphatic carbocycles. The van der Waals surface area contributed by atoms with Gasteiger partial charge in [-0.2, -0.15) is 13.2 Å². The van der Waals surface area contributed by atoms with Crippen LogP contribution in [0.3, 0.4) is 0 Å². The molecule has 2 aromatic rings. The maximum atomic E-state index is 14.8. The van der Waals surface area contributed by atoms with Crippen LogP contribution < -0.4 is 0 Å². The van der Waals surface area contributed by atoms with E-state index in [9.17, 15) is 36.6 Å². The molecule has 1 N–H and O–H groups in total. The second kappa shape index (κ2) is 9.35. The molecule has 5 rings (SSSR count). The van der Waals surface area contributed by atoms with Gasteiger partial charge in [0.1, 0.15) is 5.82 Å². The molecule has 38 heavy (non-hydrogen) atoms. The van der Waals surface area contributed by atoms with E-state index in [4.69, 9.17) is 0 Å². The highest BCUT2D eigenvalue weighted by Gasteiger charge is 2.56. The summed E-state index contributed by atoms with van der Waals surface area (Å²) in [6.45, 7) is 0.958. The molecule has 4 nitrogen and oxygen atoms in total. The highest BCUT2D eigenvalue weighted by Crippen LogP contribution is 2.51. The summed E-state index contributed by atoms with van der Waals surface area (Å²) in [5.41, 5.74) is -2.31. The number of aryl methyl sites for hydroxylation is 1. The molecule has 2 fully saturated rings. The summed E-state index contributed by atoms with van der Waals surface area (Å²) in [6.07, 6.45) is -1.91. The number of carboxylic acid groups (broad SMARTS) is 1. The van der Waals surface area contributed by atoms with Gasteiger partial charge in [0.2, 0.25) is 11.6 Å². The number of carbonyl (C=O) groups is 2. The zero-order chi connectivity index (χ0) is 27.5. The van der Waals surface area contributed by atoms with E-state index in [2.05, 4.69) is 0 Å². The predicted molar refractivity (Wildman–Crippen MR) is 130 cm³/mol. The Morgan fingerprint density at radius 3 is 2.34 bits per heavy atom. The lowest BCUT2D eigenvalue weighted by molar-refractivity contribution is -0.228. The summed E-state index contributed by atoms with van der Waals surface area (Å²) < 4.78 is 68.8. The number of amides is 1. The summed E-state index contributed by atoms with van der Waals surface area (Å²) in [7, 11) is 0. The van der Waals surface area contributed by atoms with Crippen LogP contribution in [-0.4, -0.2) is 40.6 Å². The zero-order valence-corrected chi connectivity index (χ0v) is 21.0. The van der Waals surface area contributed by atoms with Gasteiger partial charge in [-0.3, -0.25) is 9.59 Å². The van der Waals surface area contributed by atoms with Crippen LogP contribution in [0.1, 0.15) is 61.3 Å². The molecule has 5 atom stereocenters. The molecular formula is C29H30F5NO3. The van der Waals surface area contributed by atoms with Crippen LogP contribution in [0.5, 0.6) is 0 Å². The molecule has 9 heteroatoms. The maximum Gasteiger partial charge on any atom is 0.426 e. The minimum Gasteiger partial charge on any atom is -0.481 e. The number of rotatable bonds is 5. The Hall–Kier alpha value is -2.97. The van der Waals surface area contributed by atoms with E-state index in [0.717, 1.165) is 11.1 Å². The second-order valence-electron chi connectivity index (χ2n) is 11.2. The number of likely N-dealkylation sites (tertiary alicyclic amines) is 1. The fourth-order valence-corrected chi connectivity index (χ4v) is 6.92. The third kappa shape index (κ3) is 4.37. The van der Waals surface area contributed by atoms with Crippen molar-refractivity contribution in [3.63, 3.8) is 0 Å². The largest absolute Gasteiger partial charge is 0.481 e. The molecule has 1 heterocycles. The maximum absolute atomic E-state index is 14.8. The van der Waals surface area contributed by atoms with E-state index in [1.807, 2.05) is 4.90 Å². The van der Waals surface area contributed by atoms with Gasteiger partial charge in [-0.25, -0.2) is 8.78 Å². The number of hydrogen-bond donors (Lipinski definition) is 1. The van der Waals surface area contributed by atoms with E-state index >= 15 is 0 Å². The van der Waals surface area contributed by atoms with Crippen LogP contribution in [-0.2, 0) is 33.5 Å².